The van der Waals surface area contributed by atoms with Crippen LogP contribution in [0.4, 0.5) is 0 Å². The quantitative estimate of drug-likeness (QED) is 0.437. The van der Waals surface area contributed by atoms with Crippen molar-refractivity contribution >= 4 is 0 Å². The second-order valence-electron chi connectivity index (χ2n) is 13.8. The second-order valence-corrected chi connectivity index (χ2v) is 13.8. The maximum atomic E-state index is 10.3. The van der Waals surface area contributed by atoms with Crippen molar-refractivity contribution in [3.63, 3.8) is 0 Å². The van der Waals surface area contributed by atoms with Crippen molar-refractivity contribution in [2.75, 3.05) is 0 Å². The van der Waals surface area contributed by atoms with E-state index in [2.05, 4.69) is 73.3 Å². The molecule has 32 heavy (non-hydrogen) atoms. The molecule has 180 valence electrons. The Morgan fingerprint density at radius 3 is 2.47 bits per heavy atom. The highest BCUT2D eigenvalue weighted by Crippen LogP contribution is 2.67. The van der Waals surface area contributed by atoms with Crippen LogP contribution >= 0.6 is 0 Å². The SMILES string of the molecule is C=C(C)C(C=CC(C)C1CCC2C3CC=C4CC(O)CCC4(C)C3CCC12C)C(C)(C)C. The number of aliphatic hydroxyl groups is 1. The fourth-order valence-corrected chi connectivity index (χ4v) is 9.16. The highest BCUT2D eigenvalue weighted by atomic mass is 16.3. The lowest BCUT2D eigenvalue weighted by Crippen LogP contribution is -2.50. The molecule has 1 nitrogen and oxygen atoms in total. The van der Waals surface area contributed by atoms with Crippen LogP contribution in [0.15, 0.2) is 36.0 Å². The predicted molar refractivity (Wildman–Crippen MR) is 137 cm³/mol. The lowest BCUT2D eigenvalue weighted by molar-refractivity contribution is -0.0540. The van der Waals surface area contributed by atoms with E-state index >= 15 is 0 Å². The number of rotatable bonds is 4. The van der Waals surface area contributed by atoms with E-state index in [4.69, 9.17) is 0 Å². The average molecular weight is 439 g/mol. The molecule has 3 fully saturated rings. The smallest absolute Gasteiger partial charge is 0.0577 e. The third kappa shape index (κ3) is 3.99. The molecule has 0 aromatic carbocycles. The molecular weight excluding hydrogens is 388 g/mol. The lowest BCUT2D eigenvalue weighted by Gasteiger charge is -2.58. The summed E-state index contributed by atoms with van der Waals surface area (Å²) < 4.78 is 0. The van der Waals surface area contributed by atoms with Crippen molar-refractivity contribution in [2.45, 2.75) is 106 Å². The zero-order valence-electron chi connectivity index (χ0n) is 22.1. The summed E-state index contributed by atoms with van der Waals surface area (Å²) in [7, 11) is 0. The summed E-state index contributed by atoms with van der Waals surface area (Å²) in [5.74, 6) is 4.48. The van der Waals surface area contributed by atoms with Crippen molar-refractivity contribution in [3.05, 3.63) is 36.0 Å². The van der Waals surface area contributed by atoms with E-state index in [9.17, 15) is 5.11 Å². The molecule has 9 unspecified atom stereocenters. The van der Waals surface area contributed by atoms with Gasteiger partial charge >= 0.3 is 0 Å². The second kappa shape index (κ2) is 8.44. The summed E-state index contributed by atoms with van der Waals surface area (Å²) in [4.78, 5) is 0. The third-order valence-corrected chi connectivity index (χ3v) is 10.9. The molecule has 4 aliphatic carbocycles. The molecule has 0 spiro atoms. The van der Waals surface area contributed by atoms with Crippen LogP contribution in [0.1, 0.15) is 99.8 Å². The van der Waals surface area contributed by atoms with Gasteiger partial charge in [0.2, 0.25) is 0 Å². The van der Waals surface area contributed by atoms with Gasteiger partial charge in [-0.1, -0.05) is 77.5 Å². The van der Waals surface area contributed by atoms with Gasteiger partial charge in [0.15, 0.2) is 0 Å². The molecule has 0 radical (unpaired) electrons. The zero-order valence-corrected chi connectivity index (χ0v) is 22.1. The molecule has 4 rings (SSSR count). The molecule has 0 saturated heterocycles. The summed E-state index contributed by atoms with van der Waals surface area (Å²) in [6.45, 7) is 21.2. The van der Waals surface area contributed by atoms with Gasteiger partial charge in [0.1, 0.15) is 0 Å². The van der Waals surface area contributed by atoms with E-state index in [1.54, 1.807) is 5.57 Å². The van der Waals surface area contributed by atoms with Crippen molar-refractivity contribution in [1.82, 2.24) is 0 Å². The van der Waals surface area contributed by atoms with Crippen LogP contribution in [0, 0.1) is 51.8 Å². The largest absolute Gasteiger partial charge is 0.393 e. The van der Waals surface area contributed by atoms with Gasteiger partial charge < -0.3 is 5.11 Å². The van der Waals surface area contributed by atoms with Gasteiger partial charge in [0, 0.05) is 5.92 Å². The topological polar surface area (TPSA) is 20.2 Å². The van der Waals surface area contributed by atoms with Crippen LogP contribution < -0.4 is 0 Å². The van der Waals surface area contributed by atoms with E-state index in [0.717, 1.165) is 36.5 Å². The van der Waals surface area contributed by atoms with Crippen molar-refractivity contribution < 1.29 is 5.11 Å². The summed E-state index contributed by atoms with van der Waals surface area (Å²) in [5.41, 5.74) is 3.96. The maximum absolute atomic E-state index is 10.3. The Labute approximate surface area is 198 Å². The standard InChI is InChI=1S/C31H50O/c1-20(2)25(29(4,5)6)12-9-21(3)26-13-14-27-24-11-10-22-19-23(32)15-17-30(22,7)28(24)16-18-31(26,27)8/h9-10,12,21,23-28,32H,1,11,13-19H2,2-8H3. The van der Waals surface area contributed by atoms with Gasteiger partial charge in [-0.2, -0.15) is 0 Å². The molecule has 0 aliphatic heterocycles. The minimum absolute atomic E-state index is 0.0978. The summed E-state index contributed by atoms with van der Waals surface area (Å²) in [6.07, 6.45) is 17.5. The highest BCUT2D eigenvalue weighted by molar-refractivity contribution is 5.25. The van der Waals surface area contributed by atoms with Crippen LogP contribution in [-0.2, 0) is 0 Å². The molecule has 0 aromatic heterocycles. The molecule has 4 aliphatic rings. The van der Waals surface area contributed by atoms with Crippen LogP contribution in [0.25, 0.3) is 0 Å². The van der Waals surface area contributed by atoms with Gasteiger partial charge in [-0.25, -0.2) is 0 Å². The van der Waals surface area contributed by atoms with Crippen LogP contribution in [0.3, 0.4) is 0 Å². The lowest BCUT2D eigenvalue weighted by atomic mass is 9.47. The summed E-state index contributed by atoms with van der Waals surface area (Å²) >= 11 is 0. The van der Waals surface area contributed by atoms with Gasteiger partial charge in [-0.3, -0.25) is 0 Å². The molecule has 3 saturated carbocycles. The van der Waals surface area contributed by atoms with E-state index in [1.807, 2.05) is 0 Å². The third-order valence-electron chi connectivity index (χ3n) is 10.9. The van der Waals surface area contributed by atoms with Crippen LogP contribution in [-0.4, -0.2) is 11.2 Å². The van der Waals surface area contributed by atoms with E-state index in [1.165, 1.54) is 44.1 Å². The van der Waals surface area contributed by atoms with Crippen molar-refractivity contribution in [1.29, 1.82) is 0 Å². The summed E-state index contributed by atoms with van der Waals surface area (Å²) in [5, 5.41) is 10.3. The van der Waals surface area contributed by atoms with Gasteiger partial charge in [0.05, 0.1) is 6.10 Å². The Hall–Kier alpha value is -0.820. The van der Waals surface area contributed by atoms with Gasteiger partial charge in [-0.05, 0) is 104 Å². The molecule has 1 heteroatoms. The number of fused-ring (bicyclic) bond motifs is 5. The minimum Gasteiger partial charge on any atom is -0.393 e. The molecular formula is C31H50O. The molecule has 9 atom stereocenters. The average Bonchev–Trinajstić information content (AvgIpc) is 3.04. The van der Waals surface area contributed by atoms with E-state index in [-0.39, 0.29) is 11.5 Å². The maximum Gasteiger partial charge on any atom is 0.0577 e. The minimum atomic E-state index is -0.0978. The van der Waals surface area contributed by atoms with E-state index < -0.39 is 0 Å². The first-order valence-corrected chi connectivity index (χ1v) is 13.6. The number of hydrogen-bond acceptors (Lipinski definition) is 1. The predicted octanol–water partition coefficient (Wildman–Crippen LogP) is 8.36. The Morgan fingerprint density at radius 2 is 1.81 bits per heavy atom. The number of allylic oxidation sites excluding steroid dienone is 4. The Balaban J connectivity index is 1.53. The highest BCUT2D eigenvalue weighted by Gasteiger charge is 2.58. The molecule has 0 bridgehead atoms. The first-order chi connectivity index (χ1) is 14.9. The normalized spacial score (nSPS) is 43.8. The monoisotopic (exact) mass is 438 g/mol. The van der Waals surface area contributed by atoms with Gasteiger partial charge in [-0.15, -0.1) is 0 Å². The first kappa shape index (κ1) is 24.3. The Kier molecular flexibility index (Phi) is 6.41. The first-order valence-electron chi connectivity index (χ1n) is 13.6. The van der Waals surface area contributed by atoms with E-state index in [0.29, 0.717) is 22.7 Å². The number of hydrogen-bond donors (Lipinski definition) is 1. The molecule has 0 amide bonds. The Bertz CT molecular complexity index is 781. The van der Waals surface area contributed by atoms with Crippen molar-refractivity contribution in [2.24, 2.45) is 51.8 Å². The van der Waals surface area contributed by atoms with Crippen LogP contribution in [0.5, 0.6) is 0 Å². The summed E-state index contributed by atoms with van der Waals surface area (Å²) in [6, 6.07) is 0. The van der Waals surface area contributed by atoms with Gasteiger partial charge in [0.25, 0.3) is 0 Å². The number of aliphatic hydroxyl groups excluding tert-OH is 1. The molecule has 0 heterocycles. The van der Waals surface area contributed by atoms with Crippen molar-refractivity contribution in [3.8, 4) is 0 Å². The molecule has 0 aromatic rings. The molecule has 1 N–H and O–H groups in total. The zero-order chi connectivity index (χ0) is 23.5. The van der Waals surface area contributed by atoms with Crippen LogP contribution in [0.2, 0.25) is 0 Å². The fourth-order valence-electron chi connectivity index (χ4n) is 9.16. The Morgan fingerprint density at radius 1 is 1.09 bits per heavy atom. The fraction of sp³-hybridized carbons (Fsp3) is 0.806.